The molecule has 0 atom stereocenters. The lowest BCUT2D eigenvalue weighted by molar-refractivity contribution is 1.26. The second-order valence-electron chi connectivity index (χ2n) is 29.9. The number of benzene rings is 18. The Balaban J connectivity index is 0.959. The maximum Gasteiger partial charge on any atom is 0.252 e. The molecule has 18 aromatic rings. The fourth-order valence-corrected chi connectivity index (χ4v) is 33.7. The van der Waals surface area contributed by atoms with Gasteiger partial charge >= 0.3 is 0 Å². The predicted molar refractivity (Wildman–Crippen MR) is 482 cm³/mol. The normalized spacial score (nSPS) is 12.5. The summed E-state index contributed by atoms with van der Waals surface area (Å²) in [4.78, 5) is 5.44. The molecule has 2 aliphatic heterocycles. The first-order valence-electron chi connectivity index (χ1n) is 38.7. The number of aryl methyl sites for hydroxylation is 1. The summed E-state index contributed by atoms with van der Waals surface area (Å²) in [5.41, 5.74) is 16.4. The summed E-state index contributed by atoms with van der Waals surface area (Å²) in [5.74, 6) is 0. The topological polar surface area (TPSA) is 6.48 Å². The molecule has 0 saturated carbocycles. The first kappa shape index (κ1) is 67.2. The van der Waals surface area contributed by atoms with Crippen LogP contribution in [0.3, 0.4) is 0 Å². The zero-order valence-electron chi connectivity index (χ0n) is 61.7. The number of nitrogens with zero attached hydrogens (tertiary/aromatic N) is 2. The number of anilines is 6. The third-order valence-electron chi connectivity index (χ3n) is 23.8. The van der Waals surface area contributed by atoms with Gasteiger partial charge in [-0.05, 0) is 183 Å². The van der Waals surface area contributed by atoms with Gasteiger partial charge in [0.15, 0.2) is 24.2 Å². The van der Waals surface area contributed by atoms with Gasteiger partial charge in [-0.25, -0.2) is 0 Å². The molecule has 0 bridgehead atoms. The van der Waals surface area contributed by atoms with E-state index in [9.17, 15) is 0 Å². The lowest BCUT2D eigenvalue weighted by atomic mass is 9.33. The molecule has 2 heterocycles. The Kier molecular flexibility index (Phi) is 17.0. The fourth-order valence-electron chi connectivity index (χ4n) is 19.1. The van der Waals surface area contributed by atoms with Crippen LogP contribution >= 0.6 is 0 Å². The Bertz CT molecular complexity index is 6010. The minimum Gasteiger partial charge on any atom is -0.311 e. The number of fused-ring (bicyclic) bond motifs is 6. The molecular weight excluding hydrogens is 1380 g/mol. The Hall–Kier alpha value is -13.2. The van der Waals surface area contributed by atoms with Crippen LogP contribution in [0.2, 0.25) is 0 Å². The van der Waals surface area contributed by atoms with Crippen LogP contribution in [-0.4, -0.2) is 30.9 Å². The third kappa shape index (κ3) is 11.2. The highest BCUT2D eigenvalue weighted by molar-refractivity contribution is 7.22. The second-order valence-corrected chi connectivity index (χ2v) is 41.3. The molecule has 6 heteroatoms. The molecular formula is C105H77BN2Si3. The molecule has 2 nitrogen and oxygen atoms in total. The standard InChI is InChI=1S/C105H77BN2Si3/c1-76-64-85(72-96(65-76)109(87-42-14-3-15-43-87,88-44-16-4-17-45-88)89-46-18-5-19-47-89)107-101-68-82-40-34-32-38-80(82)66-99(101)106-100-67-81-39-33-35-41-83(81)69-102(100)108(104-71-84(70-103(107)105(104)106)79-62-60-78(61-63-79)77-36-12-2-13-37-77)86-73-97(110(90-48-20-6-21-49-90,91-50-22-7-23-51-91)92-52-24-8-25-53-92)75-98(74-86)111(93-54-26-9-27-55-93,94-56-28-10-29-57-94)95-58-30-11-31-59-95/h2-75H,1H3. The molecule has 18 aromatic carbocycles. The molecule has 0 saturated heterocycles. The SMILES string of the molecule is Cc1cc(N2c3cc4ccccc4cc3B3c4cc5ccccc5cc4N(c4cc([Si](c5ccccc5)(c5ccccc5)c5ccccc5)cc([Si](c5ccccc5)(c5ccccc5)c5ccccc5)c4)c4cc(-c5ccc(-c6ccccc6)cc5)cc2c43)cc([Si](c2ccccc2)(c2ccccc2)c2ccccc2)c1. The van der Waals surface area contributed by atoms with E-state index in [0.29, 0.717) is 0 Å². The van der Waals surface area contributed by atoms with Gasteiger partial charge in [-0.2, -0.15) is 0 Å². The molecule has 0 fully saturated rings. The molecule has 522 valence electrons. The molecule has 2 aliphatic rings. The van der Waals surface area contributed by atoms with Gasteiger partial charge < -0.3 is 9.80 Å². The van der Waals surface area contributed by atoms with E-state index in [0.717, 1.165) is 39.6 Å². The highest BCUT2D eigenvalue weighted by Crippen LogP contribution is 2.48. The minimum absolute atomic E-state index is 0.215. The van der Waals surface area contributed by atoms with Gasteiger partial charge in [0.1, 0.15) is 0 Å². The highest BCUT2D eigenvalue weighted by atomic mass is 28.3. The lowest BCUT2D eigenvalue weighted by Gasteiger charge is -2.45. The molecule has 0 spiro atoms. The smallest absolute Gasteiger partial charge is 0.252 e. The Labute approximate surface area is 653 Å². The van der Waals surface area contributed by atoms with Crippen LogP contribution < -0.4 is 88.4 Å². The van der Waals surface area contributed by atoms with Gasteiger partial charge in [-0.15, -0.1) is 0 Å². The van der Waals surface area contributed by atoms with Gasteiger partial charge in [-0.3, -0.25) is 0 Å². The van der Waals surface area contributed by atoms with Crippen LogP contribution in [0.25, 0.3) is 43.8 Å². The van der Waals surface area contributed by atoms with Crippen molar-refractivity contribution >= 4 is 165 Å². The average Bonchev–Trinajstić information content (AvgIpc) is 0.688. The maximum absolute atomic E-state index is 3.39. The number of hydrogen-bond donors (Lipinski definition) is 0. The van der Waals surface area contributed by atoms with Crippen molar-refractivity contribution in [1.29, 1.82) is 0 Å². The van der Waals surface area contributed by atoms with Crippen molar-refractivity contribution in [2.45, 2.75) is 6.92 Å². The zero-order chi connectivity index (χ0) is 73.9. The van der Waals surface area contributed by atoms with Gasteiger partial charge in [0, 0.05) is 34.1 Å². The predicted octanol–water partition coefficient (Wildman–Crippen LogP) is 15.9. The van der Waals surface area contributed by atoms with E-state index >= 15 is 0 Å². The fraction of sp³-hybridized carbons (Fsp3) is 0.00952. The van der Waals surface area contributed by atoms with Crippen LogP contribution in [-0.2, 0) is 0 Å². The van der Waals surface area contributed by atoms with Gasteiger partial charge in [0.05, 0.1) is 0 Å². The largest absolute Gasteiger partial charge is 0.311 e. The molecule has 0 N–H and O–H groups in total. The Morgan fingerprint density at radius 1 is 0.189 bits per heavy atom. The van der Waals surface area contributed by atoms with E-state index in [4.69, 9.17) is 0 Å². The van der Waals surface area contributed by atoms with E-state index in [1.807, 2.05) is 0 Å². The lowest BCUT2D eigenvalue weighted by Crippen LogP contribution is -2.78. The molecule has 0 aromatic heterocycles. The van der Waals surface area contributed by atoms with Gasteiger partial charge in [0.2, 0.25) is 0 Å². The molecule has 0 unspecified atom stereocenters. The summed E-state index contributed by atoms with van der Waals surface area (Å²) in [5, 5.41) is 20.6. The molecule has 111 heavy (non-hydrogen) atoms. The maximum atomic E-state index is 2.75. The first-order valence-corrected chi connectivity index (χ1v) is 44.7. The number of rotatable bonds is 16. The van der Waals surface area contributed by atoms with Crippen molar-refractivity contribution in [3.63, 3.8) is 0 Å². The van der Waals surface area contributed by atoms with Crippen LogP contribution in [0.1, 0.15) is 5.56 Å². The van der Waals surface area contributed by atoms with Crippen LogP contribution in [0, 0.1) is 6.92 Å². The van der Waals surface area contributed by atoms with E-state index in [1.54, 1.807) is 0 Å². The zero-order valence-corrected chi connectivity index (χ0v) is 64.7. The van der Waals surface area contributed by atoms with E-state index in [-0.39, 0.29) is 6.71 Å². The highest BCUT2D eigenvalue weighted by Gasteiger charge is 2.50. The summed E-state index contributed by atoms with van der Waals surface area (Å²) >= 11 is 0. The van der Waals surface area contributed by atoms with E-state index in [1.165, 1.54) is 123 Å². The third-order valence-corrected chi connectivity index (χ3v) is 38.0. The van der Waals surface area contributed by atoms with E-state index < -0.39 is 24.2 Å². The summed E-state index contributed by atoms with van der Waals surface area (Å²) in [7, 11) is -9.90. The van der Waals surface area contributed by atoms with Gasteiger partial charge in [-0.1, -0.05) is 400 Å². The van der Waals surface area contributed by atoms with E-state index in [2.05, 4.69) is 466 Å². The van der Waals surface area contributed by atoms with Crippen LogP contribution in [0.4, 0.5) is 34.1 Å². The summed E-state index contributed by atoms with van der Waals surface area (Å²) in [6, 6.07) is 173. The molecule has 0 radical (unpaired) electrons. The summed E-state index contributed by atoms with van der Waals surface area (Å²) in [6.45, 7) is 2.11. The van der Waals surface area contributed by atoms with Crippen molar-refractivity contribution in [2.75, 3.05) is 9.80 Å². The summed E-state index contributed by atoms with van der Waals surface area (Å²) in [6.07, 6.45) is 0. The molecule has 0 aliphatic carbocycles. The van der Waals surface area contributed by atoms with Crippen molar-refractivity contribution < 1.29 is 0 Å². The monoisotopic (exact) mass is 1460 g/mol. The average molecular weight is 1460 g/mol. The minimum atomic E-state index is -3.39. The summed E-state index contributed by atoms with van der Waals surface area (Å²) < 4.78 is 0. The van der Waals surface area contributed by atoms with Crippen molar-refractivity contribution in [3.8, 4) is 22.3 Å². The number of hydrogen-bond acceptors (Lipinski definition) is 2. The van der Waals surface area contributed by atoms with Gasteiger partial charge in [0.25, 0.3) is 6.71 Å². The first-order chi connectivity index (χ1) is 54.9. The molecule has 0 amide bonds. The van der Waals surface area contributed by atoms with Crippen molar-refractivity contribution in [1.82, 2.24) is 0 Å². The Morgan fingerprint density at radius 3 is 0.739 bits per heavy atom. The van der Waals surface area contributed by atoms with Crippen LogP contribution in [0.5, 0.6) is 0 Å². The van der Waals surface area contributed by atoms with Crippen molar-refractivity contribution in [2.24, 2.45) is 0 Å². The van der Waals surface area contributed by atoms with Crippen LogP contribution in [0.15, 0.2) is 449 Å². The molecule has 20 rings (SSSR count). The second kappa shape index (κ2) is 28.1. The van der Waals surface area contributed by atoms with Crippen molar-refractivity contribution in [3.05, 3.63) is 454 Å². The quantitative estimate of drug-likeness (QED) is 0.0703. The Morgan fingerprint density at radius 2 is 0.432 bits per heavy atom.